The van der Waals surface area contributed by atoms with Crippen LogP contribution in [0.2, 0.25) is 0 Å². The van der Waals surface area contributed by atoms with Gasteiger partial charge in [0.25, 0.3) is 0 Å². The summed E-state index contributed by atoms with van der Waals surface area (Å²) >= 11 is 0. The second-order valence-electron chi connectivity index (χ2n) is 8.14. The zero-order chi connectivity index (χ0) is 21.4. The second kappa shape index (κ2) is 8.09. The van der Waals surface area contributed by atoms with Crippen LogP contribution >= 0.6 is 0 Å². The minimum Gasteiger partial charge on any atom is -0.325 e. The molecule has 1 amide bonds. The second-order valence-corrected chi connectivity index (χ2v) is 10.1. The number of hydrogen-bond donors (Lipinski definition) is 1. The van der Waals surface area contributed by atoms with E-state index in [1.807, 2.05) is 7.05 Å². The third-order valence-corrected chi connectivity index (χ3v) is 8.11. The Labute approximate surface area is 176 Å². The van der Waals surface area contributed by atoms with E-state index in [0.717, 1.165) is 6.42 Å². The number of nitrogens with one attached hydrogen (secondary N) is 1. The van der Waals surface area contributed by atoms with E-state index in [0.29, 0.717) is 50.3 Å². The van der Waals surface area contributed by atoms with E-state index >= 15 is 0 Å². The molecule has 8 heteroatoms. The van der Waals surface area contributed by atoms with Gasteiger partial charge in [0.15, 0.2) is 0 Å². The Kier molecular flexibility index (Phi) is 5.65. The van der Waals surface area contributed by atoms with Gasteiger partial charge in [0, 0.05) is 31.9 Å². The number of rotatable bonds is 5. The molecule has 0 atom stereocenters. The number of hydrogen-bond acceptors (Lipinski definition) is 4. The normalized spacial score (nSPS) is 19.8. The largest absolute Gasteiger partial charge is 0.325 e. The van der Waals surface area contributed by atoms with E-state index < -0.39 is 15.4 Å². The third kappa shape index (κ3) is 3.87. The maximum absolute atomic E-state index is 13.7. The molecule has 0 radical (unpaired) electrons. The maximum atomic E-state index is 13.7. The van der Waals surface area contributed by atoms with Crippen molar-refractivity contribution in [1.29, 1.82) is 0 Å². The lowest BCUT2D eigenvalue weighted by molar-refractivity contribution is -0.124. The van der Waals surface area contributed by atoms with Crippen molar-refractivity contribution in [3.63, 3.8) is 0 Å². The highest BCUT2D eigenvalue weighted by atomic mass is 32.2. The number of halogens is 1. The van der Waals surface area contributed by atoms with Gasteiger partial charge in [0.1, 0.15) is 5.82 Å². The molecule has 30 heavy (non-hydrogen) atoms. The fourth-order valence-electron chi connectivity index (χ4n) is 4.13. The van der Waals surface area contributed by atoms with Gasteiger partial charge in [0.2, 0.25) is 15.9 Å². The summed E-state index contributed by atoms with van der Waals surface area (Å²) in [5, 5.41) is 2.87. The van der Waals surface area contributed by atoms with Crippen molar-refractivity contribution in [2.75, 3.05) is 38.5 Å². The summed E-state index contributed by atoms with van der Waals surface area (Å²) in [5.41, 5.74) is 0.319. The molecular weight excluding hydrogens is 405 g/mol. The van der Waals surface area contributed by atoms with Gasteiger partial charge in [-0.05, 0) is 55.8 Å². The van der Waals surface area contributed by atoms with Gasteiger partial charge in [0.05, 0.1) is 10.3 Å². The number of anilines is 1. The molecule has 2 aromatic rings. The smallest absolute Gasteiger partial charge is 0.243 e. The Morgan fingerprint density at radius 1 is 1.03 bits per heavy atom. The van der Waals surface area contributed by atoms with Crippen LogP contribution in [0.25, 0.3) is 0 Å². The first kappa shape index (κ1) is 21.0. The topological polar surface area (TPSA) is 69.7 Å². The molecule has 0 bridgehead atoms. The highest BCUT2D eigenvalue weighted by molar-refractivity contribution is 7.89. The Bertz CT molecular complexity index is 1050. The molecule has 4 rings (SSSR count). The van der Waals surface area contributed by atoms with Crippen LogP contribution in [0.5, 0.6) is 0 Å². The summed E-state index contributed by atoms with van der Waals surface area (Å²) in [6.45, 7) is 2.26. The molecule has 160 valence electrons. The van der Waals surface area contributed by atoms with Gasteiger partial charge in [-0.2, -0.15) is 4.31 Å². The van der Waals surface area contributed by atoms with Crippen molar-refractivity contribution in [2.24, 2.45) is 0 Å². The summed E-state index contributed by atoms with van der Waals surface area (Å²) in [4.78, 5) is 15.4. The predicted octanol–water partition coefficient (Wildman–Crippen LogP) is 2.82. The number of sulfonamides is 1. The summed E-state index contributed by atoms with van der Waals surface area (Å²) < 4.78 is 41.2. The van der Waals surface area contributed by atoms with E-state index in [9.17, 15) is 17.6 Å². The monoisotopic (exact) mass is 431 g/mol. The molecular formula is C22H26FN3O3S. The molecule has 0 spiro atoms. The van der Waals surface area contributed by atoms with Gasteiger partial charge >= 0.3 is 0 Å². The summed E-state index contributed by atoms with van der Waals surface area (Å²) in [7, 11) is -1.66. The number of amides is 1. The molecule has 1 N–H and O–H groups in total. The quantitative estimate of drug-likeness (QED) is 0.791. The highest BCUT2D eigenvalue weighted by Gasteiger charge is 2.45. The number of nitrogens with zero attached hydrogens (tertiary/aromatic N) is 2. The lowest BCUT2D eigenvalue weighted by Crippen LogP contribution is -2.47. The molecule has 1 aliphatic heterocycles. The van der Waals surface area contributed by atoms with Crippen LogP contribution in [-0.2, 0) is 20.2 Å². The zero-order valence-electron chi connectivity index (χ0n) is 17.0. The van der Waals surface area contributed by atoms with Gasteiger partial charge in [-0.3, -0.25) is 4.79 Å². The van der Waals surface area contributed by atoms with E-state index in [2.05, 4.69) is 10.2 Å². The first-order chi connectivity index (χ1) is 14.3. The zero-order valence-corrected chi connectivity index (χ0v) is 17.8. The third-order valence-electron chi connectivity index (χ3n) is 6.21. The van der Waals surface area contributed by atoms with Crippen molar-refractivity contribution < 1.29 is 17.6 Å². The summed E-state index contributed by atoms with van der Waals surface area (Å²) in [5.74, 6) is -0.597. The Morgan fingerprint density at radius 2 is 1.73 bits per heavy atom. The average Bonchev–Trinajstić information content (AvgIpc) is 2.68. The SMILES string of the molecule is CN1CCN(S(=O)(=O)c2cccc(NC(=O)C3(c4cccc(F)c4)CCC3)c2)CC1. The Morgan fingerprint density at radius 3 is 2.37 bits per heavy atom. The van der Waals surface area contributed by atoms with E-state index in [4.69, 9.17) is 0 Å². The van der Waals surface area contributed by atoms with Crippen molar-refractivity contribution >= 4 is 21.6 Å². The average molecular weight is 432 g/mol. The van der Waals surface area contributed by atoms with Crippen LogP contribution in [0.3, 0.4) is 0 Å². The molecule has 1 saturated heterocycles. The lowest BCUT2D eigenvalue weighted by atomic mass is 9.63. The first-order valence-electron chi connectivity index (χ1n) is 10.2. The van der Waals surface area contributed by atoms with Crippen molar-refractivity contribution in [2.45, 2.75) is 29.6 Å². The van der Waals surface area contributed by atoms with Crippen LogP contribution in [0.1, 0.15) is 24.8 Å². The van der Waals surface area contributed by atoms with Crippen molar-refractivity contribution in [1.82, 2.24) is 9.21 Å². The van der Waals surface area contributed by atoms with Crippen molar-refractivity contribution in [3.8, 4) is 0 Å². The lowest BCUT2D eigenvalue weighted by Gasteiger charge is -2.40. The van der Waals surface area contributed by atoms with Crippen molar-refractivity contribution in [3.05, 3.63) is 59.9 Å². The Balaban J connectivity index is 1.55. The number of carbonyl (C=O) groups is 1. The molecule has 1 saturated carbocycles. The van der Waals surface area contributed by atoms with Gasteiger partial charge in [-0.25, -0.2) is 12.8 Å². The predicted molar refractivity (Wildman–Crippen MR) is 113 cm³/mol. The standard InChI is InChI=1S/C22H26FN3O3S/c1-25-11-13-26(14-12-25)30(28,29)20-8-3-7-19(16-20)24-21(27)22(9-4-10-22)17-5-2-6-18(23)15-17/h2-3,5-8,15-16H,4,9-14H2,1H3,(H,24,27). The Hall–Kier alpha value is -2.29. The molecule has 2 fully saturated rings. The number of carbonyl (C=O) groups excluding carboxylic acids is 1. The van der Waals surface area contributed by atoms with Crippen LogP contribution in [-0.4, -0.2) is 56.8 Å². The molecule has 1 aliphatic carbocycles. The van der Waals surface area contributed by atoms with E-state index in [1.165, 1.54) is 22.5 Å². The van der Waals surface area contributed by atoms with Crippen LogP contribution < -0.4 is 5.32 Å². The summed E-state index contributed by atoms with van der Waals surface area (Å²) in [6, 6.07) is 12.5. The molecule has 2 aromatic carbocycles. The van der Waals surface area contributed by atoms with Gasteiger partial charge < -0.3 is 10.2 Å². The van der Waals surface area contributed by atoms with Crippen LogP contribution in [0.15, 0.2) is 53.4 Å². The first-order valence-corrected chi connectivity index (χ1v) is 11.6. The molecule has 0 aromatic heterocycles. The van der Waals surface area contributed by atoms with E-state index in [-0.39, 0.29) is 16.6 Å². The molecule has 0 unspecified atom stereocenters. The number of benzene rings is 2. The highest BCUT2D eigenvalue weighted by Crippen LogP contribution is 2.44. The number of piperazine rings is 1. The minimum atomic E-state index is -3.62. The molecule has 2 aliphatic rings. The minimum absolute atomic E-state index is 0.165. The number of likely N-dealkylation sites (N-methyl/N-ethyl adjacent to an activating group) is 1. The summed E-state index contributed by atoms with van der Waals surface area (Å²) in [6.07, 6.45) is 2.17. The molecule has 6 nitrogen and oxygen atoms in total. The van der Waals surface area contributed by atoms with E-state index in [1.54, 1.807) is 30.3 Å². The molecule has 1 heterocycles. The van der Waals surface area contributed by atoms with Gasteiger partial charge in [-0.15, -0.1) is 0 Å². The fourth-order valence-corrected chi connectivity index (χ4v) is 5.59. The van der Waals surface area contributed by atoms with Gasteiger partial charge in [-0.1, -0.05) is 24.6 Å². The van der Waals surface area contributed by atoms with Crippen LogP contribution in [0.4, 0.5) is 10.1 Å². The fraction of sp³-hybridized carbons (Fsp3) is 0.409. The van der Waals surface area contributed by atoms with Crippen LogP contribution in [0, 0.1) is 5.82 Å². The maximum Gasteiger partial charge on any atom is 0.243 e.